The molecule has 1 aliphatic carbocycles. The Morgan fingerprint density at radius 1 is 0.961 bits per heavy atom. The topological polar surface area (TPSA) is 110 Å². The zero-order valence-corrected chi connectivity index (χ0v) is 35.5. The van der Waals surface area contributed by atoms with E-state index in [1.54, 1.807) is 12.1 Å². The predicted molar refractivity (Wildman–Crippen MR) is 209 cm³/mol. The molecule has 0 radical (unpaired) electrons. The van der Waals surface area contributed by atoms with Gasteiger partial charge in [0.2, 0.25) is 16.6 Å². The highest BCUT2D eigenvalue weighted by Crippen LogP contribution is 2.60. The smallest absolute Gasteiger partial charge is 0.204 e. The predicted octanol–water partition coefficient (Wildman–Crippen LogP) is 9.68. The third-order valence-electron chi connectivity index (χ3n) is 12.2. The van der Waals surface area contributed by atoms with Crippen molar-refractivity contribution in [3.8, 4) is 11.5 Å². The van der Waals surface area contributed by atoms with Crippen LogP contribution in [0.3, 0.4) is 0 Å². The van der Waals surface area contributed by atoms with Crippen molar-refractivity contribution in [2.75, 3.05) is 20.5 Å². The van der Waals surface area contributed by atoms with E-state index in [0.717, 1.165) is 11.6 Å². The number of phenolic OH excluding ortho intramolecular Hbond substituents is 1. The molecule has 2 heterocycles. The second kappa shape index (κ2) is 13.7. The molecule has 3 N–H and O–H groups in total. The van der Waals surface area contributed by atoms with Crippen LogP contribution in [-0.4, -0.2) is 65.3 Å². The first kappa shape index (κ1) is 39.7. The number of fused-ring (bicyclic) bond motifs is 3. The van der Waals surface area contributed by atoms with Crippen LogP contribution in [0.4, 0.5) is 0 Å². The van der Waals surface area contributed by atoms with E-state index in [9.17, 15) is 15.6 Å². The summed E-state index contributed by atoms with van der Waals surface area (Å²) in [4.78, 5) is 0. The van der Waals surface area contributed by atoms with Gasteiger partial charge in [0.15, 0.2) is 12.4 Å². The summed E-state index contributed by atoms with van der Waals surface area (Å²) >= 11 is 0. The lowest BCUT2D eigenvalue weighted by Crippen LogP contribution is -2.64. The molecule has 0 bridgehead atoms. The van der Waals surface area contributed by atoms with Gasteiger partial charge in [-0.25, -0.2) is 0 Å². The van der Waals surface area contributed by atoms with E-state index >= 15 is 0 Å². The Hall–Kier alpha value is -2.48. The molecule has 3 aliphatic rings. The van der Waals surface area contributed by atoms with E-state index in [0.29, 0.717) is 51.4 Å². The molecule has 2 aliphatic heterocycles. The maximum absolute atomic E-state index is 13.4. The highest BCUT2D eigenvalue weighted by molar-refractivity contribution is 6.79. The fraction of sp³-hybridized carbons (Fsp3) is 0.634. The maximum atomic E-state index is 13.4. The molecular formula is C41H63NO7Si2. The van der Waals surface area contributed by atoms with Crippen LogP contribution in [0.5, 0.6) is 11.5 Å². The van der Waals surface area contributed by atoms with Gasteiger partial charge in [-0.2, -0.15) is 0 Å². The van der Waals surface area contributed by atoms with Crippen molar-refractivity contribution in [3.63, 3.8) is 0 Å². The quantitative estimate of drug-likeness (QED) is 0.174. The highest BCUT2D eigenvalue weighted by atomic mass is 28.4. The number of aromatic hydroxyl groups is 1. The standard InChI is InChI=1S/C41H63NO7Si2/c1-24(2)51(25(3)4,26(5)6)49-33-20-35(48-34-21-47-50(22-28(33)34,39(8,9)10)40(11,12)13)41(44)29-16-15-17-32(46-23-45-14)37(29)38(42)36-30(41)18-27(7)19-31(36)43/h15-20,24-26,28,33-34,42-44H,21-23H2,1-14H3/t28-,33+,34+,41-/m0/s1. The molecule has 5 rings (SSSR count). The second-order valence-electron chi connectivity index (χ2n) is 18.1. The van der Waals surface area contributed by atoms with Crippen LogP contribution in [0.25, 0.3) is 0 Å². The zero-order chi connectivity index (χ0) is 38.1. The molecule has 2 aromatic rings. The van der Waals surface area contributed by atoms with Crippen molar-refractivity contribution >= 4 is 22.3 Å². The van der Waals surface area contributed by atoms with Crippen molar-refractivity contribution in [2.45, 2.75) is 141 Å². The first-order valence-electron chi connectivity index (χ1n) is 18.7. The largest absolute Gasteiger partial charge is 0.507 e. The van der Waals surface area contributed by atoms with Gasteiger partial charge in [-0.05, 0) is 63.4 Å². The van der Waals surface area contributed by atoms with E-state index in [1.807, 2.05) is 25.1 Å². The Bertz CT molecular complexity index is 1640. The third-order valence-corrected chi connectivity index (χ3v) is 24.9. The molecule has 0 saturated carbocycles. The molecule has 0 unspecified atom stereocenters. The minimum Gasteiger partial charge on any atom is -0.507 e. The van der Waals surface area contributed by atoms with Gasteiger partial charge >= 0.3 is 0 Å². The molecule has 282 valence electrons. The van der Waals surface area contributed by atoms with Crippen LogP contribution in [0.15, 0.2) is 42.2 Å². The van der Waals surface area contributed by atoms with Gasteiger partial charge in [0.05, 0.1) is 18.4 Å². The summed E-state index contributed by atoms with van der Waals surface area (Å²) in [5.41, 5.74) is 1.48. The van der Waals surface area contributed by atoms with Crippen molar-refractivity contribution < 1.29 is 33.3 Å². The van der Waals surface area contributed by atoms with Gasteiger partial charge in [-0.15, -0.1) is 0 Å². The van der Waals surface area contributed by atoms with Crippen molar-refractivity contribution in [1.82, 2.24) is 0 Å². The zero-order valence-electron chi connectivity index (χ0n) is 33.5. The van der Waals surface area contributed by atoms with E-state index in [4.69, 9.17) is 23.1 Å². The molecule has 8 nitrogen and oxygen atoms in total. The number of aryl methyl sites for hydroxylation is 1. The number of rotatable bonds is 9. The van der Waals surface area contributed by atoms with Gasteiger partial charge in [-0.3, -0.25) is 5.41 Å². The molecule has 10 heteroatoms. The number of hydrogen-bond acceptors (Lipinski definition) is 8. The highest BCUT2D eigenvalue weighted by Gasteiger charge is 2.63. The number of hydrogen-bond donors (Lipinski definition) is 3. The molecular weight excluding hydrogens is 675 g/mol. The first-order valence-corrected chi connectivity index (χ1v) is 23.0. The van der Waals surface area contributed by atoms with E-state index in [1.165, 1.54) is 7.11 Å². The summed E-state index contributed by atoms with van der Waals surface area (Å²) in [6.45, 7) is 30.0. The average molecular weight is 738 g/mol. The lowest BCUT2D eigenvalue weighted by molar-refractivity contribution is -0.0817. The van der Waals surface area contributed by atoms with Crippen LogP contribution in [-0.2, 0) is 23.9 Å². The molecule has 1 saturated heterocycles. The first-order chi connectivity index (χ1) is 23.6. The van der Waals surface area contributed by atoms with Crippen LogP contribution >= 0.6 is 0 Å². The van der Waals surface area contributed by atoms with Crippen molar-refractivity contribution in [2.24, 2.45) is 5.92 Å². The molecule has 0 amide bonds. The number of aliphatic hydroxyl groups is 1. The van der Waals surface area contributed by atoms with Crippen molar-refractivity contribution in [1.29, 1.82) is 5.41 Å². The van der Waals surface area contributed by atoms with Crippen LogP contribution in [0.2, 0.25) is 32.7 Å². The maximum Gasteiger partial charge on any atom is 0.204 e. The SMILES string of the molecule is COCOc1cccc2c1C(=N)c1c(O)cc(C)cc1[C@]2(O)C1=C[C@@H](O[Si](C(C)C)(C(C)C)C(C)C)[C@@H]2C[Si](C(C)(C)C)(C(C)(C)C)OC[C@H]2O1. The summed E-state index contributed by atoms with van der Waals surface area (Å²) in [5, 5.41) is 34.1. The lowest BCUT2D eigenvalue weighted by atomic mass is 9.71. The van der Waals surface area contributed by atoms with Crippen LogP contribution in [0, 0.1) is 18.3 Å². The summed E-state index contributed by atoms with van der Waals surface area (Å²) in [7, 11) is -3.37. The monoisotopic (exact) mass is 737 g/mol. The summed E-state index contributed by atoms with van der Waals surface area (Å²) in [6.07, 6.45) is 1.33. The second-order valence-corrected chi connectivity index (χ2v) is 28.9. The minimum atomic E-state index is -2.46. The van der Waals surface area contributed by atoms with Gasteiger partial charge in [-0.1, -0.05) is 101 Å². The van der Waals surface area contributed by atoms with Gasteiger partial charge in [0.25, 0.3) is 0 Å². The minimum absolute atomic E-state index is 0.0162. The Balaban J connectivity index is 1.81. The van der Waals surface area contributed by atoms with Crippen molar-refractivity contribution in [3.05, 3.63) is 70.0 Å². The average Bonchev–Trinajstić information content (AvgIpc) is 3.02. The lowest BCUT2D eigenvalue weighted by Gasteiger charge is -2.58. The third kappa shape index (κ3) is 6.25. The van der Waals surface area contributed by atoms with E-state index < -0.39 is 22.2 Å². The summed E-state index contributed by atoms with van der Waals surface area (Å²) in [5.74, 6) is 0.646. The van der Waals surface area contributed by atoms with Crippen LogP contribution in [0.1, 0.15) is 111 Å². The number of ether oxygens (including phenoxy) is 3. The van der Waals surface area contributed by atoms with Gasteiger partial charge in [0.1, 0.15) is 23.4 Å². The fourth-order valence-corrected chi connectivity index (χ4v) is 21.7. The van der Waals surface area contributed by atoms with Gasteiger partial charge < -0.3 is 33.3 Å². The van der Waals surface area contributed by atoms with Crippen LogP contribution < -0.4 is 4.74 Å². The number of methoxy groups -OCH3 is 1. The molecule has 51 heavy (non-hydrogen) atoms. The molecule has 1 fully saturated rings. The molecule has 4 atom stereocenters. The number of phenols is 1. The fourth-order valence-electron chi connectivity index (χ4n) is 10.1. The van der Waals surface area contributed by atoms with E-state index in [2.05, 4.69) is 89.2 Å². The normalized spacial score (nSPS) is 24.9. The molecule has 0 aromatic heterocycles. The van der Waals surface area contributed by atoms with Gasteiger partial charge in [0, 0.05) is 35.3 Å². The Morgan fingerprint density at radius 3 is 2.12 bits per heavy atom. The number of nitrogens with one attached hydrogen (secondary N) is 1. The van der Waals surface area contributed by atoms with E-state index in [-0.39, 0.29) is 52.0 Å². The summed E-state index contributed by atoms with van der Waals surface area (Å²) in [6, 6.07) is 9.73. The molecule has 2 aromatic carbocycles. The Morgan fingerprint density at radius 2 is 1.57 bits per heavy atom. The Labute approximate surface area is 308 Å². The summed E-state index contributed by atoms with van der Waals surface area (Å²) < 4.78 is 33.2. The molecule has 0 spiro atoms. The Kier molecular flexibility index (Phi) is 10.7. The number of benzene rings is 2.